The maximum absolute atomic E-state index is 13.0. The number of hydrogen-bond donors (Lipinski definition) is 2. The van der Waals surface area contributed by atoms with E-state index in [-0.39, 0.29) is 29.8 Å². The van der Waals surface area contributed by atoms with Crippen LogP contribution in [0.2, 0.25) is 0 Å². The molecular weight excluding hydrogens is 462 g/mol. The third-order valence-electron chi connectivity index (χ3n) is 6.86. The number of amides is 2. The Morgan fingerprint density at radius 3 is 2.00 bits per heavy atom. The van der Waals surface area contributed by atoms with Crippen LogP contribution in [0.1, 0.15) is 54.4 Å². The first kappa shape index (κ1) is 25.1. The van der Waals surface area contributed by atoms with Gasteiger partial charge in [-0.2, -0.15) is 4.31 Å². The fourth-order valence-electron chi connectivity index (χ4n) is 4.81. The Morgan fingerprint density at radius 2 is 1.37 bits per heavy atom. The van der Waals surface area contributed by atoms with E-state index in [0.717, 1.165) is 31.2 Å². The molecule has 2 amide bonds. The molecule has 8 heteroatoms. The highest BCUT2D eigenvalue weighted by molar-refractivity contribution is 7.92. The molecule has 0 radical (unpaired) electrons. The van der Waals surface area contributed by atoms with E-state index in [1.54, 1.807) is 18.2 Å². The van der Waals surface area contributed by atoms with Crippen molar-refractivity contribution >= 4 is 27.9 Å². The second kappa shape index (κ2) is 11.6. The minimum absolute atomic E-state index is 0.0484. The molecule has 186 valence electrons. The highest BCUT2D eigenvalue weighted by atomic mass is 32.2. The Kier molecular flexibility index (Phi) is 8.36. The molecule has 2 N–H and O–H groups in total. The van der Waals surface area contributed by atoms with E-state index < -0.39 is 10.0 Å². The molecular formula is C27H33N3O4S. The summed E-state index contributed by atoms with van der Waals surface area (Å²) in [5, 5.41) is 7.50. The number of carbonyl (C=O) groups is 2. The zero-order chi connectivity index (χ0) is 24.7. The van der Waals surface area contributed by atoms with Crippen molar-refractivity contribution in [1.82, 2.24) is 14.9 Å². The van der Waals surface area contributed by atoms with Crippen molar-refractivity contribution in [3.05, 3.63) is 77.2 Å². The zero-order valence-corrected chi connectivity index (χ0v) is 20.6. The predicted octanol–water partition coefficient (Wildman–Crippen LogP) is 3.56. The summed E-state index contributed by atoms with van der Waals surface area (Å²) >= 11 is 0. The Bertz CT molecular complexity index is 1130. The van der Waals surface area contributed by atoms with Crippen LogP contribution in [0.3, 0.4) is 0 Å². The minimum Gasteiger partial charge on any atom is -0.351 e. The molecule has 7 nitrogen and oxygen atoms in total. The summed E-state index contributed by atoms with van der Waals surface area (Å²) < 4.78 is 26.9. The van der Waals surface area contributed by atoms with Gasteiger partial charge in [-0.1, -0.05) is 61.4 Å². The number of sulfonamides is 1. The van der Waals surface area contributed by atoms with Gasteiger partial charge in [0.2, 0.25) is 15.9 Å². The molecule has 2 aliphatic rings. The molecule has 35 heavy (non-hydrogen) atoms. The molecule has 2 atom stereocenters. The number of piperidine rings is 1. The third-order valence-corrected chi connectivity index (χ3v) is 8.43. The molecule has 1 heterocycles. The molecule has 4 rings (SSSR count). The highest BCUT2D eigenvalue weighted by Gasteiger charge is 2.33. The van der Waals surface area contributed by atoms with Crippen LogP contribution in [0.4, 0.5) is 0 Å². The monoisotopic (exact) mass is 495 g/mol. The van der Waals surface area contributed by atoms with E-state index in [9.17, 15) is 18.0 Å². The van der Waals surface area contributed by atoms with Gasteiger partial charge in [0.05, 0.1) is 0 Å². The molecule has 0 aromatic heterocycles. The Labute approximate surface area is 207 Å². The molecule has 0 unspecified atom stereocenters. The summed E-state index contributed by atoms with van der Waals surface area (Å²) in [6.45, 7) is 0.636. The van der Waals surface area contributed by atoms with Gasteiger partial charge < -0.3 is 10.6 Å². The standard InChI is InChI=1S/C27H33N3O4S/c31-26(22-11-5-2-6-12-22)28-24-13-7-8-14-25(24)29-27(32)23-15-18-30(19-16-23)35(33,34)20-17-21-9-3-1-4-10-21/h1-6,9-12,17,20,23-25H,7-8,13-16,18-19H2,(H,28,31)(H,29,32)/b20-17+/t24-,25-/m1/s1. The van der Waals surface area contributed by atoms with Gasteiger partial charge in [-0.15, -0.1) is 0 Å². The van der Waals surface area contributed by atoms with Crippen LogP contribution in [-0.2, 0) is 14.8 Å². The van der Waals surface area contributed by atoms with Crippen LogP contribution in [0.5, 0.6) is 0 Å². The van der Waals surface area contributed by atoms with Crippen molar-refractivity contribution in [1.29, 1.82) is 0 Å². The van der Waals surface area contributed by atoms with Crippen molar-refractivity contribution in [3.63, 3.8) is 0 Å². The average molecular weight is 496 g/mol. The van der Waals surface area contributed by atoms with Gasteiger partial charge in [-0.3, -0.25) is 9.59 Å². The topological polar surface area (TPSA) is 95.6 Å². The summed E-state index contributed by atoms with van der Waals surface area (Å²) in [5.74, 6) is -0.404. The molecule has 2 aromatic carbocycles. The highest BCUT2D eigenvalue weighted by Crippen LogP contribution is 2.24. The third kappa shape index (κ3) is 6.80. The Morgan fingerprint density at radius 1 is 0.800 bits per heavy atom. The van der Waals surface area contributed by atoms with E-state index in [0.29, 0.717) is 31.5 Å². The molecule has 1 aliphatic carbocycles. The Hall–Kier alpha value is -2.97. The summed E-state index contributed by atoms with van der Waals surface area (Å²) in [6, 6.07) is 18.2. The SMILES string of the molecule is O=C(N[C@@H]1CCCC[C@H]1NC(=O)C1CCN(S(=O)(=O)/C=C/c2ccccc2)CC1)c1ccccc1. The predicted molar refractivity (Wildman–Crippen MR) is 137 cm³/mol. The molecule has 0 bridgehead atoms. The van der Waals surface area contributed by atoms with Crippen LogP contribution < -0.4 is 10.6 Å². The molecule has 1 saturated carbocycles. The number of nitrogens with zero attached hydrogens (tertiary/aromatic N) is 1. The molecule has 2 aromatic rings. The minimum atomic E-state index is -3.53. The summed E-state index contributed by atoms with van der Waals surface area (Å²) in [6.07, 6.45) is 6.24. The molecule has 1 aliphatic heterocycles. The smallest absolute Gasteiger partial charge is 0.251 e. The van der Waals surface area contributed by atoms with Gasteiger partial charge in [-0.25, -0.2) is 8.42 Å². The van der Waals surface area contributed by atoms with E-state index in [4.69, 9.17) is 0 Å². The summed E-state index contributed by atoms with van der Waals surface area (Å²) in [5.41, 5.74) is 1.43. The second-order valence-electron chi connectivity index (χ2n) is 9.28. The maximum Gasteiger partial charge on any atom is 0.251 e. The van der Waals surface area contributed by atoms with Crippen LogP contribution in [0.15, 0.2) is 66.1 Å². The summed E-state index contributed by atoms with van der Waals surface area (Å²) in [7, 11) is -3.53. The molecule has 1 saturated heterocycles. The number of rotatable bonds is 7. The molecule has 2 fully saturated rings. The van der Waals surface area contributed by atoms with E-state index >= 15 is 0 Å². The Balaban J connectivity index is 1.29. The van der Waals surface area contributed by atoms with Gasteiger partial charge in [0.15, 0.2) is 0 Å². The fourth-order valence-corrected chi connectivity index (χ4v) is 6.03. The second-order valence-corrected chi connectivity index (χ2v) is 11.1. The first-order valence-electron chi connectivity index (χ1n) is 12.3. The van der Waals surface area contributed by atoms with Crippen molar-refractivity contribution in [2.75, 3.05) is 13.1 Å². The fraction of sp³-hybridized carbons (Fsp3) is 0.407. The number of hydrogen-bond acceptors (Lipinski definition) is 4. The van der Waals surface area contributed by atoms with Crippen molar-refractivity contribution < 1.29 is 18.0 Å². The first-order chi connectivity index (χ1) is 16.9. The van der Waals surface area contributed by atoms with Crippen LogP contribution in [-0.4, -0.2) is 49.7 Å². The van der Waals surface area contributed by atoms with Gasteiger partial charge in [0, 0.05) is 42.1 Å². The largest absolute Gasteiger partial charge is 0.351 e. The van der Waals surface area contributed by atoms with E-state index in [1.165, 1.54) is 9.71 Å². The van der Waals surface area contributed by atoms with Crippen molar-refractivity contribution in [2.45, 2.75) is 50.6 Å². The van der Waals surface area contributed by atoms with E-state index in [2.05, 4.69) is 10.6 Å². The van der Waals surface area contributed by atoms with Gasteiger partial charge in [-0.05, 0) is 49.5 Å². The first-order valence-corrected chi connectivity index (χ1v) is 13.8. The number of carbonyl (C=O) groups excluding carboxylic acids is 2. The number of benzene rings is 2. The van der Waals surface area contributed by atoms with Crippen LogP contribution in [0.25, 0.3) is 6.08 Å². The van der Waals surface area contributed by atoms with Gasteiger partial charge in [0.25, 0.3) is 5.91 Å². The lowest BCUT2D eigenvalue weighted by atomic mass is 9.88. The lowest BCUT2D eigenvalue weighted by Gasteiger charge is -2.35. The maximum atomic E-state index is 13.0. The van der Waals surface area contributed by atoms with Crippen LogP contribution >= 0.6 is 0 Å². The lowest BCUT2D eigenvalue weighted by molar-refractivity contribution is -0.127. The number of nitrogens with one attached hydrogen (secondary N) is 2. The lowest BCUT2D eigenvalue weighted by Crippen LogP contribution is -2.55. The van der Waals surface area contributed by atoms with Crippen molar-refractivity contribution in [2.24, 2.45) is 5.92 Å². The average Bonchev–Trinajstić information content (AvgIpc) is 2.90. The zero-order valence-electron chi connectivity index (χ0n) is 19.8. The van der Waals surface area contributed by atoms with E-state index in [1.807, 2.05) is 48.5 Å². The quantitative estimate of drug-likeness (QED) is 0.614. The van der Waals surface area contributed by atoms with Gasteiger partial charge >= 0.3 is 0 Å². The van der Waals surface area contributed by atoms with Crippen molar-refractivity contribution in [3.8, 4) is 0 Å². The van der Waals surface area contributed by atoms with Gasteiger partial charge in [0.1, 0.15) is 0 Å². The summed E-state index contributed by atoms with van der Waals surface area (Å²) in [4.78, 5) is 25.7. The molecule has 0 spiro atoms. The van der Waals surface area contributed by atoms with Crippen LogP contribution in [0, 0.1) is 5.92 Å². The normalized spacial score (nSPS) is 22.1.